The Morgan fingerprint density at radius 3 is 2.00 bits per heavy atom. The summed E-state index contributed by atoms with van der Waals surface area (Å²) in [5, 5.41) is 31.7. The van der Waals surface area contributed by atoms with Gasteiger partial charge in [0.1, 0.15) is 0 Å². The summed E-state index contributed by atoms with van der Waals surface area (Å²) in [4.78, 5) is 28.4. The molecule has 11 heteroatoms. The molecular weight excluding hydrogens is 289 g/mol. The molecule has 0 saturated carbocycles. The standard InChI is InChI=1S/C8H6N3O7.K/c1-18-7-3-2-5(4-6(7)9(12)13)8(10(14)15)11(16)17;/h2-4H,1H3;/q-1;+1. The second kappa shape index (κ2) is 7.35. The van der Waals surface area contributed by atoms with Crippen molar-refractivity contribution in [2.75, 3.05) is 7.11 Å². The van der Waals surface area contributed by atoms with Crippen LogP contribution < -0.4 is 56.1 Å². The smallest absolute Gasteiger partial charge is 0.492 e. The Morgan fingerprint density at radius 1 is 1.11 bits per heavy atom. The number of rotatable bonds is 5. The minimum atomic E-state index is -1.33. The number of nitrogens with zero attached hydrogens (tertiary/aromatic N) is 3. The maximum absolute atomic E-state index is 10.7. The molecule has 96 valence electrons. The molecule has 0 fully saturated rings. The van der Waals surface area contributed by atoms with Crippen LogP contribution in [0.15, 0.2) is 18.2 Å². The van der Waals surface area contributed by atoms with Crippen molar-refractivity contribution in [3.05, 3.63) is 60.3 Å². The Balaban J connectivity index is 0.00000324. The van der Waals surface area contributed by atoms with Gasteiger partial charge in [0, 0.05) is 0 Å². The van der Waals surface area contributed by atoms with Gasteiger partial charge in [-0.3, -0.25) is 30.3 Å². The third-order valence-electron chi connectivity index (χ3n) is 1.98. The Hall–Kier alpha value is -1.27. The molecule has 0 N–H and O–H groups in total. The van der Waals surface area contributed by atoms with Crippen LogP contribution in [0.2, 0.25) is 0 Å². The first-order valence-electron chi connectivity index (χ1n) is 4.37. The maximum atomic E-state index is 10.7. The van der Waals surface area contributed by atoms with Crippen molar-refractivity contribution >= 4 is 5.69 Å². The topological polar surface area (TPSA) is 139 Å². The molecule has 0 unspecified atom stereocenters. The van der Waals surface area contributed by atoms with Crippen LogP contribution in [-0.4, -0.2) is 21.9 Å². The largest absolute Gasteiger partial charge is 1.00 e. The van der Waals surface area contributed by atoms with Crippen molar-refractivity contribution in [3.8, 4) is 5.75 Å². The quantitative estimate of drug-likeness (QED) is 0.265. The van der Waals surface area contributed by atoms with E-state index in [0.29, 0.717) is 0 Å². The molecule has 0 radical (unpaired) electrons. The molecule has 0 heterocycles. The summed E-state index contributed by atoms with van der Waals surface area (Å²) in [6.45, 7) is 0. The number of methoxy groups -OCH3 is 1. The number of benzene rings is 1. The minimum Gasteiger partial charge on any atom is -0.492 e. The molecule has 0 atom stereocenters. The predicted molar refractivity (Wildman–Crippen MR) is 56.0 cm³/mol. The fourth-order valence-electron chi connectivity index (χ4n) is 1.25. The van der Waals surface area contributed by atoms with Crippen molar-refractivity contribution in [1.29, 1.82) is 0 Å². The fourth-order valence-corrected chi connectivity index (χ4v) is 1.25. The van der Waals surface area contributed by atoms with Gasteiger partial charge in [-0.2, -0.15) is 0 Å². The molecule has 0 aliphatic rings. The third kappa shape index (κ3) is 4.10. The van der Waals surface area contributed by atoms with Gasteiger partial charge in [-0.15, -0.1) is 6.07 Å². The van der Waals surface area contributed by atoms with E-state index in [2.05, 4.69) is 4.74 Å². The van der Waals surface area contributed by atoms with Gasteiger partial charge in [0.05, 0.1) is 21.9 Å². The molecular formula is C8H6KN3O7. The predicted octanol–water partition coefficient (Wildman–Crippen LogP) is -2.00. The van der Waals surface area contributed by atoms with Gasteiger partial charge in [-0.1, -0.05) is 12.1 Å². The zero-order valence-electron chi connectivity index (χ0n) is 9.93. The van der Waals surface area contributed by atoms with Gasteiger partial charge < -0.3 is 4.74 Å². The van der Waals surface area contributed by atoms with Crippen molar-refractivity contribution in [2.45, 2.75) is 0 Å². The van der Waals surface area contributed by atoms with Crippen LogP contribution in [0.3, 0.4) is 0 Å². The van der Waals surface area contributed by atoms with Crippen LogP contribution in [0, 0.1) is 36.5 Å². The minimum absolute atomic E-state index is 0. The van der Waals surface area contributed by atoms with E-state index in [1.807, 2.05) is 0 Å². The molecule has 0 spiro atoms. The van der Waals surface area contributed by atoms with Crippen LogP contribution in [-0.2, 0) is 0 Å². The van der Waals surface area contributed by atoms with Crippen molar-refractivity contribution in [3.63, 3.8) is 0 Å². The van der Waals surface area contributed by atoms with Crippen molar-refractivity contribution in [2.24, 2.45) is 0 Å². The van der Waals surface area contributed by atoms with Gasteiger partial charge in [0.2, 0.25) is 0 Å². The molecule has 0 aliphatic heterocycles. The first kappa shape index (κ1) is 17.7. The van der Waals surface area contributed by atoms with E-state index in [4.69, 9.17) is 0 Å². The normalized spacial score (nSPS) is 9.11. The average Bonchev–Trinajstić information content (AvgIpc) is 2.27. The number of nitro benzene ring substituents is 1. The summed E-state index contributed by atoms with van der Waals surface area (Å²) in [5.74, 6) is -0.144. The SMILES string of the molecule is COc1ccc([C-]([N+](=O)[O-])[N+](=O)[O-])cc1[N+](=O)[O-].[K+]. The van der Waals surface area contributed by atoms with E-state index in [1.54, 1.807) is 0 Å². The second-order valence-corrected chi connectivity index (χ2v) is 2.98. The fraction of sp³-hybridized carbons (Fsp3) is 0.125. The maximum Gasteiger partial charge on any atom is 1.00 e. The van der Waals surface area contributed by atoms with Crippen LogP contribution in [0.4, 0.5) is 5.69 Å². The molecule has 10 nitrogen and oxygen atoms in total. The van der Waals surface area contributed by atoms with Gasteiger partial charge in [-0.25, -0.2) is 0 Å². The van der Waals surface area contributed by atoms with Gasteiger partial charge >= 0.3 is 57.6 Å². The first-order valence-corrected chi connectivity index (χ1v) is 4.37. The van der Waals surface area contributed by atoms with Crippen LogP contribution in [0.25, 0.3) is 0 Å². The molecule has 0 bridgehead atoms. The summed E-state index contributed by atoms with van der Waals surface area (Å²) in [6.07, 6.45) is -1.33. The molecule has 1 aromatic rings. The summed E-state index contributed by atoms with van der Waals surface area (Å²) in [6, 6.07) is 2.78. The van der Waals surface area contributed by atoms with E-state index in [-0.39, 0.29) is 57.1 Å². The van der Waals surface area contributed by atoms with Crippen LogP contribution in [0.1, 0.15) is 5.56 Å². The van der Waals surface area contributed by atoms with E-state index in [0.717, 1.165) is 18.2 Å². The number of nitro groups is 3. The summed E-state index contributed by atoms with van der Waals surface area (Å²) < 4.78 is 4.67. The Kier molecular flexibility index (Phi) is 6.86. The van der Waals surface area contributed by atoms with Crippen LogP contribution in [0.5, 0.6) is 5.75 Å². The molecule has 19 heavy (non-hydrogen) atoms. The zero-order valence-corrected chi connectivity index (χ0v) is 13.1. The Labute approximate surface area is 148 Å². The Morgan fingerprint density at radius 2 is 1.63 bits per heavy atom. The molecule has 1 aromatic carbocycles. The zero-order chi connectivity index (χ0) is 13.9. The Bertz CT molecular complexity index is 507. The van der Waals surface area contributed by atoms with Crippen molar-refractivity contribution in [1.82, 2.24) is 0 Å². The van der Waals surface area contributed by atoms with E-state index >= 15 is 0 Å². The van der Waals surface area contributed by atoms with E-state index in [1.165, 1.54) is 7.11 Å². The molecule has 1 rings (SSSR count). The average molecular weight is 295 g/mol. The third-order valence-corrected chi connectivity index (χ3v) is 1.98. The van der Waals surface area contributed by atoms with Crippen LogP contribution >= 0.6 is 0 Å². The molecule has 0 saturated heterocycles. The number of ether oxygens (including phenoxy) is 1. The number of hydrogen-bond donors (Lipinski definition) is 0. The second-order valence-electron chi connectivity index (χ2n) is 2.98. The van der Waals surface area contributed by atoms with Gasteiger partial charge in [-0.05, 0) is 5.56 Å². The van der Waals surface area contributed by atoms with E-state index < -0.39 is 32.2 Å². The van der Waals surface area contributed by atoms with Gasteiger partial charge in [0.25, 0.3) is 5.69 Å². The van der Waals surface area contributed by atoms with Gasteiger partial charge in [0.15, 0.2) is 5.75 Å². The molecule has 0 amide bonds. The monoisotopic (exact) mass is 295 g/mol. The molecule has 0 aliphatic carbocycles. The number of hydrogen-bond acceptors (Lipinski definition) is 7. The van der Waals surface area contributed by atoms with Crippen molar-refractivity contribution < 1.29 is 70.9 Å². The summed E-state index contributed by atoms with van der Waals surface area (Å²) >= 11 is 0. The summed E-state index contributed by atoms with van der Waals surface area (Å²) in [7, 11) is 1.17. The first-order chi connectivity index (χ1) is 8.38. The van der Waals surface area contributed by atoms with E-state index in [9.17, 15) is 30.3 Å². The molecule has 0 aromatic heterocycles. The summed E-state index contributed by atoms with van der Waals surface area (Å²) in [5.41, 5.74) is -1.06.